The average Bonchev–Trinajstić information content (AvgIpc) is 2.85. The van der Waals surface area contributed by atoms with Crippen molar-refractivity contribution in [1.29, 1.82) is 0 Å². The van der Waals surface area contributed by atoms with Gasteiger partial charge in [-0.05, 0) is 26.0 Å². The zero-order valence-electron chi connectivity index (χ0n) is 8.84. The van der Waals surface area contributed by atoms with Gasteiger partial charge < -0.3 is 14.8 Å². The van der Waals surface area contributed by atoms with Gasteiger partial charge in [0.15, 0.2) is 0 Å². The standard InChI is InChI=1S/C10H14N4O/c1-3-14-6-4-5-8(14)9-12-10(7(2)11)15-13-9/h4-7H,3,11H2,1-2H3/t7-/m1/s1. The summed E-state index contributed by atoms with van der Waals surface area (Å²) < 4.78 is 7.10. The van der Waals surface area contributed by atoms with Crippen LogP contribution in [0.1, 0.15) is 25.8 Å². The Kier molecular flexibility index (Phi) is 2.55. The first-order chi connectivity index (χ1) is 7.22. The quantitative estimate of drug-likeness (QED) is 0.827. The minimum Gasteiger partial charge on any atom is -0.345 e. The molecule has 15 heavy (non-hydrogen) atoms. The van der Waals surface area contributed by atoms with Gasteiger partial charge in [0.25, 0.3) is 0 Å². The molecule has 0 bridgehead atoms. The third-order valence-corrected chi connectivity index (χ3v) is 2.23. The molecule has 0 aliphatic heterocycles. The van der Waals surface area contributed by atoms with Crippen molar-refractivity contribution in [3.05, 3.63) is 24.2 Å². The van der Waals surface area contributed by atoms with Gasteiger partial charge in [0.1, 0.15) is 0 Å². The summed E-state index contributed by atoms with van der Waals surface area (Å²) in [5, 5.41) is 3.90. The molecular weight excluding hydrogens is 192 g/mol. The van der Waals surface area contributed by atoms with Crippen molar-refractivity contribution in [2.45, 2.75) is 26.4 Å². The molecule has 0 aromatic carbocycles. The van der Waals surface area contributed by atoms with Gasteiger partial charge in [-0.15, -0.1) is 0 Å². The Balaban J connectivity index is 2.37. The first kappa shape index (κ1) is 9.92. The van der Waals surface area contributed by atoms with Crippen LogP contribution in [0.5, 0.6) is 0 Å². The second-order valence-corrected chi connectivity index (χ2v) is 3.42. The molecule has 2 aromatic rings. The van der Waals surface area contributed by atoms with Crippen LogP contribution in [0.3, 0.4) is 0 Å². The molecule has 0 aliphatic rings. The Labute approximate surface area is 87.9 Å². The molecule has 0 radical (unpaired) electrons. The zero-order chi connectivity index (χ0) is 10.8. The van der Waals surface area contributed by atoms with Crippen molar-refractivity contribution in [1.82, 2.24) is 14.7 Å². The van der Waals surface area contributed by atoms with E-state index >= 15 is 0 Å². The second-order valence-electron chi connectivity index (χ2n) is 3.42. The van der Waals surface area contributed by atoms with Crippen LogP contribution in [0.4, 0.5) is 0 Å². The Morgan fingerprint density at radius 1 is 1.60 bits per heavy atom. The van der Waals surface area contributed by atoms with Crippen molar-refractivity contribution in [2.24, 2.45) is 5.73 Å². The predicted octanol–water partition coefficient (Wildman–Crippen LogP) is 1.58. The molecule has 0 amide bonds. The van der Waals surface area contributed by atoms with Gasteiger partial charge in [-0.2, -0.15) is 4.98 Å². The molecule has 0 aliphatic carbocycles. The summed E-state index contributed by atoms with van der Waals surface area (Å²) in [6.45, 7) is 4.76. The fourth-order valence-electron chi connectivity index (χ4n) is 1.42. The first-order valence-corrected chi connectivity index (χ1v) is 4.97. The van der Waals surface area contributed by atoms with E-state index in [9.17, 15) is 0 Å². The van der Waals surface area contributed by atoms with E-state index in [4.69, 9.17) is 10.3 Å². The summed E-state index contributed by atoms with van der Waals surface area (Å²) in [6.07, 6.45) is 1.98. The maximum Gasteiger partial charge on any atom is 0.243 e. The monoisotopic (exact) mass is 206 g/mol. The van der Waals surface area contributed by atoms with Crippen LogP contribution < -0.4 is 5.73 Å². The molecule has 2 aromatic heterocycles. The molecular formula is C10H14N4O. The SMILES string of the molecule is CCn1cccc1-c1noc([C@@H](C)N)n1. The van der Waals surface area contributed by atoms with E-state index in [1.807, 2.05) is 25.3 Å². The van der Waals surface area contributed by atoms with E-state index in [1.165, 1.54) is 0 Å². The third kappa shape index (κ3) is 1.78. The van der Waals surface area contributed by atoms with Gasteiger partial charge in [-0.3, -0.25) is 0 Å². The molecule has 2 N–H and O–H groups in total. The number of nitrogens with two attached hydrogens (primary N) is 1. The van der Waals surface area contributed by atoms with Crippen molar-refractivity contribution < 1.29 is 4.52 Å². The lowest BCUT2D eigenvalue weighted by Gasteiger charge is -2.00. The fourth-order valence-corrected chi connectivity index (χ4v) is 1.42. The second kappa shape index (κ2) is 3.86. The Morgan fingerprint density at radius 2 is 2.40 bits per heavy atom. The van der Waals surface area contributed by atoms with Gasteiger partial charge in [-0.25, -0.2) is 0 Å². The highest BCUT2D eigenvalue weighted by atomic mass is 16.5. The topological polar surface area (TPSA) is 69.9 Å². The average molecular weight is 206 g/mol. The maximum atomic E-state index is 5.65. The summed E-state index contributed by atoms with van der Waals surface area (Å²) in [6, 6.07) is 3.69. The number of hydrogen-bond acceptors (Lipinski definition) is 4. The molecule has 0 spiro atoms. The van der Waals surface area contributed by atoms with Crippen LogP contribution in [0.25, 0.3) is 11.5 Å². The summed E-state index contributed by atoms with van der Waals surface area (Å²) >= 11 is 0. The summed E-state index contributed by atoms with van der Waals surface area (Å²) in [7, 11) is 0. The molecule has 2 rings (SSSR count). The van der Waals surface area contributed by atoms with Gasteiger partial charge in [0, 0.05) is 12.7 Å². The minimum absolute atomic E-state index is 0.226. The van der Waals surface area contributed by atoms with Gasteiger partial charge in [-0.1, -0.05) is 5.16 Å². The maximum absolute atomic E-state index is 5.65. The molecule has 0 unspecified atom stereocenters. The Morgan fingerprint density at radius 3 is 3.00 bits per heavy atom. The summed E-state index contributed by atoms with van der Waals surface area (Å²) in [5.41, 5.74) is 6.60. The number of aryl methyl sites for hydroxylation is 1. The summed E-state index contributed by atoms with van der Waals surface area (Å²) in [4.78, 5) is 4.24. The zero-order valence-corrected chi connectivity index (χ0v) is 8.84. The number of rotatable bonds is 3. The van der Waals surface area contributed by atoms with Crippen LogP contribution in [-0.4, -0.2) is 14.7 Å². The fraction of sp³-hybridized carbons (Fsp3) is 0.400. The van der Waals surface area contributed by atoms with E-state index in [-0.39, 0.29) is 6.04 Å². The number of nitrogens with zero attached hydrogens (tertiary/aromatic N) is 3. The lowest BCUT2D eigenvalue weighted by atomic mass is 10.3. The van der Waals surface area contributed by atoms with E-state index < -0.39 is 0 Å². The Hall–Kier alpha value is -1.62. The van der Waals surface area contributed by atoms with Crippen LogP contribution in [0.2, 0.25) is 0 Å². The first-order valence-electron chi connectivity index (χ1n) is 4.97. The highest BCUT2D eigenvalue weighted by molar-refractivity contribution is 5.49. The van der Waals surface area contributed by atoms with Crippen LogP contribution in [0, 0.1) is 0 Å². The van der Waals surface area contributed by atoms with Crippen molar-refractivity contribution >= 4 is 0 Å². The van der Waals surface area contributed by atoms with Crippen LogP contribution >= 0.6 is 0 Å². The smallest absolute Gasteiger partial charge is 0.243 e. The predicted molar refractivity (Wildman–Crippen MR) is 56.0 cm³/mol. The van der Waals surface area contributed by atoms with E-state index in [2.05, 4.69) is 21.6 Å². The molecule has 1 atom stereocenters. The molecule has 0 saturated heterocycles. The van der Waals surface area contributed by atoms with Crippen LogP contribution in [-0.2, 0) is 6.54 Å². The molecule has 5 heteroatoms. The van der Waals surface area contributed by atoms with E-state index in [0.717, 1.165) is 12.2 Å². The lowest BCUT2D eigenvalue weighted by molar-refractivity contribution is 0.361. The lowest BCUT2D eigenvalue weighted by Crippen LogP contribution is -2.05. The van der Waals surface area contributed by atoms with Crippen molar-refractivity contribution in [3.63, 3.8) is 0 Å². The van der Waals surface area contributed by atoms with E-state index in [0.29, 0.717) is 11.7 Å². The highest BCUT2D eigenvalue weighted by Gasteiger charge is 2.13. The molecule has 0 saturated carbocycles. The highest BCUT2D eigenvalue weighted by Crippen LogP contribution is 2.18. The molecule has 2 heterocycles. The van der Waals surface area contributed by atoms with Gasteiger partial charge >= 0.3 is 0 Å². The number of hydrogen-bond donors (Lipinski definition) is 1. The van der Waals surface area contributed by atoms with Gasteiger partial charge in [0.2, 0.25) is 11.7 Å². The van der Waals surface area contributed by atoms with E-state index in [1.54, 1.807) is 0 Å². The minimum atomic E-state index is -0.226. The number of aromatic nitrogens is 3. The molecule has 0 fully saturated rings. The van der Waals surface area contributed by atoms with Crippen molar-refractivity contribution in [3.8, 4) is 11.5 Å². The molecule has 80 valence electrons. The van der Waals surface area contributed by atoms with Gasteiger partial charge in [0.05, 0.1) is 11.7 Å². The van der Waals surface area contributed by atoms with Crippen LogP contribution in [0.15, 0.2) is 22.9 Å². The largest absolute Gasteiger partial charge is 0.345 e. The summed E-state index contributed by atoms with van der Waals surface area (Å²) in [5.74, 6) is 1.06. The third-order valence-electron chi connectivity index (χ3n) is 2.23. The Bertz CT molecular complexity index is 444. The molecule has 5 nitrogen and oxygen atoms in total. The van der Waals surface area contributed by atoms with Crippen molar-refractivity contribution in [2.75, 3.05) is 0 Å². The normalized spacial score (nSPS) is 13.0.